The van der Waals surface area contributed by atoms with Crippen molar-refractivity contribution in [2.24, 2.45) is 0 Å². The van der Waals surface area contributed by atoms with E-state index in [1.54, 1.807) is 6.07 Å². The topological polar surface area (TPSA) is 77.4 Å². The number of rotatable bonds is 2. The molecule has 1 rings (SSSR count). The summed E-state index contributed by atoms with van der Waals surface area (Å²) < 4.78 is 32.1. The summed E-state index contributed by atoms with van der Waals surface area (Å²) in [4.78, 5) is -0.356. The molecule has 14 heavy (non-hydrogen) atoms. The van der Waals surface area contributed by atoms with Crippen molar-refractivity contribution in [3.05, 3.63) is 29.8 Å². The van der Waals surface area contributed by atoms with Crippen LogP contribution in [0.4, 0.5) is 0 Å². The van der Waals surface area contributed by atoms with E-state index in [4.69, 9.17) is 5.11 Å². The number of hydrogen-bond donors (Lipinski definition) is 1. The molecule has 4 nitrogen and oxygen atoms in total. The summed E-state index contributed by atoms with van der Waals surface area (Å²) in [7, 11) is -4.49. The van der Waals surface area contributed by atoms with Gasteiger partial charge in [0.2, 0.25) is 0 Å². The SMILES string of the molecule is CC(O)c1ccccc1S(=O)(=O)[O-].[Na+]. The minimum atomic E-state index is -4.49. The normalized spacial score (nSPS) is 13.1. The van der Waals surface area contributed by atoms with Crippen molar-refractivity contribution in [1.82, 2.24) is 0 Å². The summed E-state index contributed by atoms with van der Waals surface area (Å²) in [5, 5.41) is 9.16. The van der Waals surface area contributed by atoms with Crippen LogP contribution in [0.2, 0.25) is 0 Å². The Kier molecular flexibility index (Phi) is 5.28. The van der Waals surface area contributed by atoms with Crippen molar-refractivity contribution < 1.29 is 47.6 Å². The van der Waals surface area contributed by atoms with E-state index in [0.29, 0.717) is 0 Å². The maximum Gasteiger partial charge on any atom is 1.00 e. The van der Waals surface area contributed by atoms with Crippen LogP contribution in [0.1, 0.15) is 18.6 Å². The molecule has 0 amide bonds. The molecule has 72 valence electrons. The zero-order chi connectivity index (χ0) is 10.1. The van der Waals surface area contributed by atoms with Crippen molar-refractivity contribution in [2.45, 2.75) is 17.9 Å². The van der Waals surface area contributed by atoms with Crippen LogP contribution < -0.4 is 29.6 Å². The van der Waals surface area contributed by atoms with Gasteiger partial charge in [-0.3, -0.25) is 0 Å². The third-order valence-corrected chi connectivity index (χ3v) is 2.55. The van der Waals surface area contributed by atoms with Crippen LogP contribution in [0, 0.1) is 0 Å². The molecule has 0 aliphatic heterocycles. The van der Waals surface area contributed by atoms with Crippen LogP contribution in [-0.4, -0.2) is 18.1 Å². The van der Waals surface area contributed by atoms with Crippen molar-refractivity contribution >= 4 is 10.1 Å². The molecule has 1 atom stereocenters. The first-order valence-corrected chi connectivity index (χ1v) is 5.06. The third-order valence-electron chi connectivity index (χ3n) is 1.64. The second-order valence-corrected chi connectivity index (χ2v) is 4.02. The van der Waals surface area contributed by atoms with E-state index in [2.05, 4.69) is 0 Å². The number of aliphatic hydroxyl groups is 1. The van der Waals surface area contributed by atoms with E-state index < -0.39 is 16.2 Å². The van der Waals surface area contributed by atoms with E-state index in [0.717, 1.165) is 0 Å². The number of benzene rings is 1. The van der Waals surface area contributed by atoms with Gasteiger partial charge in [-0.15, -0.1) is 0 Å². The standard InChI is InChI=1S/C8H10O4S.Na/c1-6(9)7-4-2-3-5-8(7)13(10,11)12;/h2-6,9H,1H3,(H,10,11,12);/q;+1/p-1. The second kappa shape index (κ2) is 5.25. The molecule has 1 unspecified atom stereocenters. The average Bonchev–Trinajstić information content (AvgIpc) is 2.03. The summed E-state index contributed by atoms with van der Waals surface area (Å²) in [5.74, 6) is 0. The Bertz CT molecular complexity index is 400. The summed E-state index contributed by atoms with van der Waals surface area (Å²) in [6, 6.07) is 5.60. The van der Waals surface area contributed by atoms with Crippen molar-refractivity contribution in [1.29, 1.82) is 0 Å². The molecule has 0 aromatic heterocycles. The zero-order valence-corrected chi connectivity index (χ0v) is 10.8. The fourth-order valence-electron chi connectivity index (χ4n) is 1.05. The fourth-order valence-corrected chi connectivity index (χ4v) is 1.83. The summed E-state index contributed by atoms with van der Waals surface area (Å²) in [6.45, 7) is 1.41. The first-order chi connectivity index (χ1) is 5.93. The van der Waals surface area contributed by atoms with E-state index in [1.807, 2.05) is 0 Å². The van der Waals surface area contributed by atoms with Gasteiger partial charge in [-0.1, -0.05) is 18.2 Å². The van der Waals surface area contributed by atoms with Gasteiger partial charge in [0.15, 0.2) is 0 Å². The van der Waals surface area contributed by atoms with Crippen molar-refractivity contribution in [3.8, 4) is 0 Å². The van der Waals surface area contributed by atoms with Gasteiger partial charge in [0.1, 0.15) is 10.1 Å². The van der Waals surface area contributed by atoms with Gasteiger partial charge in [-0.25, -0.2) is 8.42 Å². The Morgan fingerprint density at radius 3 is 2.21 bits per heavy atom. The Hall–Kier alpha value is 0.0900. The van der Waals surface area contributed by atoms with Crippen LogP contribution >= 0.6 is 0 Å². The van der Waals surface area contributed by atoms with Crippen LogP contribution in [-0.2, 0) is 10.1 Å². The Balaban J connectivity index is 0.00000169. The minimum absolute atomic E-state index is 0. The average molecular weight is 224 g/mol. The summed E-state index contributed by atoms with van der Waals surface area (Å²) in [5.41, 5.74) is 0.137. The van der Waals surface area contributed by atoms with Gasteiger partial charge in [0.05, 0.1) is 11.0 Å². The molecule has 0 aliphatic carbocycles. The number of aliphatic hydroxyl groups excluding tert-OH is 1. The van der Waals surface area contributed by atoms with Gasteiger partial charge >= 0.3 is 29.6 Å². The molecular weight excluding hydrogens is 215 g/mol. The van der Waals surface area contributed by atoms with Gasteiger partial charge in [0, 0.05) is 0 Å². The largest absolute Gasteiger partial charge is 1.00 e. The van der Waals surface area contributed by atoms with Crippen LogP contribution in [0.5, 0.6) is 0 Å². The van der Waals surface area contributed by atoms with E-state index in [-0.39, 0.29) is 40.0 Å². The van der Waals surface area contributed by atoms with Gasteiger partial charge in [0.25, 0.3) is 0 Å². The van der Waals surface area contributed by atoms with E-state index >= 15 is 0 Å². The smallest absolute Gasteiger partial charge is 0.744 e. The van der Waals surface area contributed by atoms with Gasteiger partial charge in [-0.2, -0.15) is 0 Å². The monoisotopic (exact) mass is 224 g/mol. The molecule has 0 saturated heterocycles. The van der Waals surface area contributed by atoms with Gasteiger partial charge in [-0.05, 0) is 18.6 Å². The second-order valence-electron chi connectivity index (χ2n) is 2.67. The van der Waals surface area contributed by atoms with Crippen molar-refractivity contribution in [3.63, 3.8) is 0 Å². The quantitative estimate of drug-likeness (QED) is 0.450. The van der Waals surface area contributed by atoms with Gasteiger partial charge < -0.3 is 9.66 Å². The first kappa shape index (κ1) is 14.1. The predicted octanol–water partition coefficient (Wildman–Crippen LogP) is -2.35. The minimum Gasteiger partial charge on any atom is -0.744 e. The summed E-state index contributed by atoms with van der Waals surface area (Å²) in [6.07, 6.45) is -0.958. The molecule has 1 aromatic carbocycles. The molecule has 0 heterocycles. The molecular formula is C8H9NaO4S. The van der Waals surface area contributed by atoms with Crippen molar-refractivity contribution in [2.75, 3.05) is 0 Å². The zero-order valence-electron chi connectivity index (χ0n) is 7.97. The van der Waals surface area contributed by atoms with Crippen LogP contribution in [0.25, 0.3) is 0 Å². The predicted molar refractivity (Wildman–Crippen MR) is 45.0 cm³/mol. The molecule has 0 radical (unpaired) electrons. The van der Waals surface area contributed by atoms with Crippen LogP contribution in [0.15, 0.2) is 29.2 Å². The maximum absolute atomic E-state index is 10.7. The van der Waals surface area contributed by atoms with E-state index in [9.17, 15) is 13.0 Å². The maximum atomic E-state index is 10.7. The molecule has 0 aliphatic rings. The van der Waals surface area contributed by atoms with Crippen LogP contribution in [0.3, 0.4) is 0 Å². The molecule has 6 heteroatoms. The molecule has 0 bridgehead atoms. The summed E-state index contributed by atoms with van der Waals surface area (Å²) >= 11 is 0. The molecule has 0 saturated carbocycles. The molecule has 1 N–H and O–H groups in total. The van der Waals surface area contributed by atoms with E-state index in [1.165, 1.54) is 25.1 Å². The third kappa shape index (κ3) is 3.34. The molecule has 0 spiro atoms. The Labute approximate surface area is 105 Å². The Morgan fingerprint density at radius 1 is 1.36 bits per heavy atom. The first-order valence-electron chi connectivity index (χ1n) is 3.66. The molecule has 0 fully saturated rings. The molecule has 1 aromatic rings. The number of hydrogen-bond acceptors (Lipinski definition) is 4. The Morgan fingerprint density at radius 2 is 1.86 bits per heavy atom. The fraction of sp³-hybridized carbons (Fsp3) is 0.250.